The van der Waals surface area contributed by atoms with Crippen LogP contribution in [0.4, 0.5) is 0 Å². The molecule has 0 aromatic heterocycles. The fourth-order valence-corrected chi connectivity index (χ4v) is 0.899. The number of hydrogen-bond donors (Lipinski definition) is 2. The van der Waals surface area contributed by atoms with Gasteiger partial charge in [0.2, 0.25) is 0 Å². The minimum absolute atomic E-state index is 0.611. The van der Waals surface area contributed by atoms with E-state index in [0.29, 0.717) is 5.70 Å². The van der Waals surface area contributed by atoms with Gasteiger partial charge in [0, 0.05) is 11.9 Å². The van der Waals surface area contributed by atoms with Crippen molar-refractivity contribution in [3.05, 3.63) is 47.9 Å². The van der Waals surface area contributed by atoms with Crippen LogP contribution in [-0.4, -0.2) is 0 Å². The van der Waals surface area contributed by atoms with Crippen molar-refractivity contribution in [2.24, 2.45) is 11.5 Å². The minimum atomic E-state index is 0.611. The van der Waals surface area contributed by atoms with Crippen LogP contribution in [0.25, 0.3) is 0 Å². The Morgan fingerprint density at radius 1 is 1.45 bits per heavy atom. The Kier molecular flexibility index (Phi) is 2.55. The molecule has 2 nitrogen and oxygen atoms in total. The Hall–Kier alpha value is -1.44. The molecule has 1 rings (SSSR count). The lowest BCUT2D eigenvalue weighted by atomic mass is 10.1. The molecule has 11 heavy (non-hydrogen) atoms. The number of nitrogens with two attached hydrogens (primary N) is 2. The first-order valence-corrected chi connectivity index (χ1v) is 3.54. The fraction of sp³-hybridized carbons (Fsp3) is 0.111. The zero-order valence-corrected chi connectivity index (χ0v) is 6.33. The van der Waals surface area contributed by atoms with Crippen molar-refractivity contribution in [3.63, 3.8) is 0 Å². The van der Waals surface area contributed by atoms with E-state index in [1.54, 1.807) is 0 Å². The molecule has 0 aromatic rings. The highest BCUT2D eigenvalue weighted by molar-refractivity contribution is 5.34. The van der Waals surface area contributed by atoms with Gasteiger partial charge in [-0.3, -0.25) is 0 Å². The number of rotatable bonds is 1. The Morgan fingerprint density at radius 2 is 2.27 bits per heavy atom. The molecule has 0 unspecified atom stereocenters. The lowest BCUT2D eigenvalue weighted by molar-refractivity contribution is 1.23. The fourth-order valence-electron chi connectivity index (χ4n) is 0.899. The molecule has 0 saturated carbocycles. The van der Waals surface area contributed by atoms with Crippen molar-refractivity contribution >= 4 is 0 Å². The third kappa shape index (κ3) is 2.34. The average Bonchev–Trinajstić information content (AvgIpc) is 2.06. The summed E-state index contributed by atoms with van der Waals surface area (Å²) in [6, 6.07) is 0. The molecule has 0 spiro atoms. The molecule has 0 heterocycles. The maximum absolute atomic E-state index is 5.51. The molecule has 0 saturated heterocycles. The lowest BCUT2D eigenvalue weighted by Crippen LogP contribution is -1.98. The summed E-state index contributed by atoms with van der Waals surface area (Å²) in [6.07, 6.45) is 12.3. The second-order valence-electron chi connectivity index (χ2n) is 2.38. The predicted octanol–water partition coefficient (Wildman–Crippen LogP) is 1.19. The third-order valence-electron chi connectivity index (χ3n) is 1.46. The van der Waals surface area contributed by atoms with E-state index in [1.807, 2.05) is 24.3 Å². The Balaban J connectivity index is 2.68. The van der Waals surface area contributed by atoms with Crippen LogP contribution >= 0.6 is 0 Å². The van der Waals surface area contributed by atoms with Crippen LogP contribution in [-0.2, 0) is 0 Å². The van der Waals surface area contributed by atoms with Crippen LogP contribution in [0.3, 0.4) is 0 Å². The normalized spacial score (nSPS) is 21.1. The lowest BCUT2D eigenvalue weighted by Gasteiger charge is -2.00. The summed E-state index contributed by atoms with van der Waals surface area (Å²) < 4.78 is 0. The Morgan fingerprint density at radius 3 is 2.82 bits per heavy atom. The van der Waals surface area contributed by atoms with Crippen molar-refractivity contribution in [2.75, 3.05) is 0 Å². The summed E-state index contributed by atoms with van der Waals surface area (Å²) >= 11 is 0. The van der Waals surface area contributed by atoms with Crippen LogP contribution in [0.2, 0.25) is 0 Å². The molecule has 0 aliphatic heterocycles. The summed E-state index contributed by atoms with van der Waals surface area (Å²) in [6.45, 7) is 0. The van der Waals surface area contributed by atoms with Crippen LogP contribution in [0.1, 0.15) is 6.42 Å². The van der Waals surface area contributed by atoms with E-state index in [1.165, 1.54) is 11.8 Å². The van der Waals surface area contributed by atoms with Crippen molar-refractivity contribution in [3.8, 4) is 0 Å². The summed E-state index contributed by atoms with van der Waals surface area (Å²) in [5.74, 6) is 0. The van der Waals surface area contributed by atoms with E-state index in [9.17, 15) is 0 Å². The van der Waals surface area contributed by atoms with Gasteiger partial charge in [-0.2, -0.15) is 0 Å². The van der Waals surface area contributed by atoms with Crippen molar-refractivity contribution in [1.82, 2.24) is 0 Å². The quantitative estimate of drug-likeness (QED) is 0.586. The van der Waals surface area contributed by atoms with Gasteiger partial charge in [-0.05, 0) is 18.1 Å². The highest BCUT2D eigenvalue weighted by Gasteiger charge is 1.92. The maximum Gasteiger partial charge on any atom is 0.0474 e. The minimum Gasteiger partial charge on any atom is -0.403 e. The van der Waals surface area contributed by atoms with Crippen LogP contribution in [0, 0.1) is 0 Å². The van der Waals surface area contributed by atoms with Crippen LogP contribution in [0.5, 0.6) is 0 Å². The second-order valence-corrected chi connectivity index (χ2v) is 2.38. The second kappa shape index (κ2) is 3.66. The standard InChI is InChI=1S/C9H12N2/c10-7-9(11)6-8-4-2-1-3-5-8/h1-4,6-7H,5,10-11H2/b8-6-,9-7+. The molecule has 58 valence electrons. The van der Waals surface area contributed by atoms with Gasteiger partial charge in [-0.15, -0.1) is 0 Å². The SMILES string of the molecule is N/C=C(N)\C=C1\C=CC=CC1. The Labute approximate surface area is 66.6 Å². The van der Waals surface area contributed by atoms with Crippen LogP contribution in [0.15, 0.2) is 47.9 Å². The number of hydrogen-bond acceptors (Lipinski definition) is 2. The van der Waals surface area contributed by atoms with Gasteiger partial charge in [0.25, 0.3) is 0 Å². The smallest absolute Gasteiger partial charge is 0.0474 e. The first-order valence-electron chi connectivity index (χ1n) is 3.54. The predicted molar refractivity (Wildman–Crippen MR) is 47.4 cm³/mol. The van der Waals surface area contributed by atoms with Crippen LogP contribution < -0.4 is 11.5 Å². The molecule has 0 atom stereocenters. The van der Waals surface area contributed by atoms with E-state index in [-0.39, 0.29) is 0 Å². The highest BCUT2D eigenvalue weighted by atomic mass is 14.6. The highest BCUT2D eigenvalue weighted by Crippen LogP contribution is 2.10. The Bertz CT molecular complexity index is 244. The molecule has 0 bridgehead atoms. The van der Waals surface area contributed by atoms with Gasteiger partial charge < -0.3 is 11.5 Å². The third-order valence-corrected chi connectivity index (χ3v) is 1.46. The van der Waals surface area contributed by atoms with Gasteiger partial charge in [0.1, 0.15) is 0 Å². The summed E-state index contributed by atoms with van der Waals surface area (Å²) in [5.41, 5.74) is 12.5. The van der Waals surface area contributed by atoms with E-state index < -0.39 is 0 Å². The van der Waals surface area contributed by atoms with Gasteiger partial charge in [-0.1, -0.05) is 24.3 Å². The molecule has 0 aromatic carbocycles. The monoisotopic (exact) mass is 148 g/mol. The molecule has 1 aliphatic carbocycles. The zero-order chi connectivity index (χ0) is 8.10. The maximum atomic E-state index is 5.51. The van der Waals surface area contributed by atoms with Crippen molar-refractivity contribution < 1.29 is 0 Å². The molecular weight excluding hydrogens is 136 g/mol. The molecule has 2 heteroatoms. The molecule has 1 aliphatic rings. The van der Waals surface area contributed by atoms with Crippen molar-refractivity contribution in [1.29, 1.82) is 0 Å². The average molecular weight is 148 g/mol. The zero-order valence-electron chi connectivity index (χ0n) is 6.33. The molecule has 0 amide bonds. The van der Waals surface area contributed by atoms with E-state index in [4.69, 9.17) is 11.5 Å². The van der Waals surface area contributed by atoms with Gasteiger partial charge in [0.15, 0.2) is 0 Å². The van der Waals surface area contributed by atoms with Gasteiger partial charge >= 0.3 is 0 Å². The van der Waals surface area contributed by atoms with E-state index in [2.05, 4.69) is 6.08 Å². The van der Waals surface area contributed by atoms with Gasteiger partial charge in [0.05, 0.1) is 0 Å². The summed E-state index contributed by atoms with van der Waals surface area (Å²) in [7, 11) is 0. The molecule has 0 radical (unpaired) electrons. The molecular formula is C9H12N2. The van der Waals surface area contributed by atoms with E-state index in [0.717, 1.165) is 6.42 Å². The van der Waals surface area contributed by atoms with Gasteiger partial charge in [-0.25, -0.2) is 0 Å². The summed E-state index contributed by atoms with van der Waals surface area (Å²) in [5, 5.41) is 0. The molecule has 4 N–H and O–H groups in total. The summed E-state index contributed by atoms with van der Waals surface area (Å²) in [4.78, 5) is 0. The molecule has 0 fully saturated rings. The first-order chi connectivity index (χ1) is 5.33. The van der Waals surface area contributed by atoms with Crippen molar-refractivity contribution in [2.45, 2.75) is 6.42 Å². The van der Waals surface area contributed by atoms with E-state index >= 15 is 0 Å². The first kappa shape index (κ1) is 7.66. The number of allylic oxidation sites excluding steroid dienone is 6. The topological polar surface area (TPSA) is 52.0 Å². The largest absolute Gasteiger partial charge is 0.403 e.